The van der Waals surface area contributed by atoms with Crippen molar-refractivity contribution in [3.8, 4) is 0 Å². The van der Waals surface area contributed by atoms with Crippen LogP contribution in [0.1, 0.15) is 0 Å². The second-order valence-corrected chi connectivity index (χ2v) is 4.54. The molecule has 0 aliphatic carbocycles. The molecule has 0 spiro atoms. The van der Waals surface area contributed by atoms with Crippen molar-refractivity contribution in [3.63, 3.8) is 0 Å². The quantitative estimate of drug-likeness (QED) is 0.227. The molecule has 0 unspecified atom stereocenters. The van der Waals surface area contributed by atoms with Crippen molar-refractivity contribution in [2.24, 2.45) is 0 Å². The molecule has 0 fully saturated rings. The summed E-state index contributed by atoms with van der Waals surface area (Å²) in [4.78, 5) is 0. The predicted molar refractivity (Wildman–Crippen MR) is 61.1 cm³/mol. The summed E-state index contributed by atoms with van der Waals surface area (Å²) in [6, 6.07) is -0.153. The third-order valence-electron chi connectivity index (χ3n) is 3.32. The molecule has 120 valence electrons. The first-order chi connectivity index (χ1) is 10.7. The molecule has 9 heteroatoms. The van der Waals surface area contributed by atoms with E-state index in [-0.39, 0.29) is 6.07 Å². The van der Waals surface area contributed by atoms with Crippen molar-refractivity contribution in [2.75, 3.05) is 0 Å². The number of hydrogen-bond donors (Lipinski definition) is 0. The summed E-state index contributed by atoms with van der Waals surface area (Å²) in [5, 5.41) is -6.79. The summed E-state index contributed by atoms with van der Waals surface area (Å²) >= 11 is 0. The first-order valence-corrected chi connectivity index (χ1v) is 5.78. The van der Waals surface area contributed by atoms with Gasteiger partial charge in [-0.25, -0.2) is 39.5 Å². The molecule has 0 heterocycles. The van der Waals surface area contributed by atoms with Crippen molar-refractivity contribution < 1.29 is 39.5 Å². The van der Waals surface area contributed by atoms with Crippen LogP contribution in [0.15, 0.2) is 6.07 Å². The summed E-state index contributed by atoms with van der Waals surface area (Å²) in [5.41, 5.74) is 0. The predicted octanol–water partition coefficient (Wildman–Crippen LogP) is 5.24. The molecule has 0 atom stereocenters. The second-order valence-electron chi connectivity index (χ2n) is 4.54. The molecule has 0 N–H and O–H groups in total. The Morgan fingerprint density at radius 3 is 1.22 bits per heavy atom. The Balaban J connectivity index is 2.80. The van der Waals surface area contributed by atoms with Gasteiger partial charge in [0.05, 0.1) is 21.5 Å². The van der Waals surface area contributed by atoms with E-state index in [9.17, 15) is 39.5 Å². The van der Waals surface area contributed by atoms with Crippen molar-refractivity contribution in [2.45, 2.75) is 0 Å². The highest BCUT2D eigenvalue weighted by Crippen LogP contribution is 2.38. The molecular formula is C14HF9. The highest BCUT2D eigenvalue weighted by atomic mass is 19.2. The second kappa shape index (κ2) is 4.77. The minimum atomic E-state index is -2.48. The Morgan fingerprint density at radius 2 is 0.739 bits per heavy atom. The van der Waals surface area contributed by atoms with E-state index in [1.807, 2.05) is 0 Å². The fourth-order valence-corrected chi connectivity index (χ4v) is 2.31. The molecule has 0 bridgehead atoms. The van der Waals surface area contributed by atoms with Gasteiger partial charge in [0, 0.05) is 6.07 Å². The zero-order valence-electron chi connectivity index (χ0n) is 10.5. The number of hydrogen-bond acceptors (Lipinski definition) is 0. The van der Waals surface area contributed by atoms with Crippen LogP contribution in [0.4, 0.5) is 39.5 Å². The molecule has 0 saturated carbocycles. The smallest absolute Gasteiger partial charge is 0.198 e. The molecule has 0 aliphatic rings. The first-order valence-electron chi connectivity index (χ1n) is 5.78. The summed E-state index contributed by atoms with van der Waals surface area (Å²) in [7, 11) is 0. The third kappa shape index (κ3) is 1.82. The standard InChI is InChI=1S/C14HF9/c15-2-1-3(16)8(17)5-4(2)9(18)6-7(10(5)19)12(21)14(23)13(22)11(6)20/h1H. The van der Waals surface area contributed by atoms with Gasteiger partial charge in [-0.15, -0.1) is 0 Å². The molecule has 3 aromatic carbocycles. The van der Waals surface area contributed by atoms with E-state index in [2.05, 4.69) is 0 Å². The monoisotopic (exact) mass is 340 g/mol. The highest BCUT2D eigenvalue weighted by molar-refractivity contribution is 6.01. The van der Waals surface area contributed by atoms with Crippen molar-refractivity contribution in [1.82, 2.24) is 0 Å². The maximum Gasteiger partial charge on any atom is 0.198 e. The van der Waals surface area contributed by atoms with Crippen LogP contribution in [0.25, 0.3) is 21.5 Å². The first kappa shape index (κ1) is 15.4. The van der Waals surface area contributed by atoms with Crippen LogP contribution in [0.2, 0.25) is 0 Å². The highest BCUT2D eigenvalue weighted by Gasteiger charge is 2.30. The number of halogens is 9. The van der Waals surface area contributed by atoms with Crippen LogP contribution >= 0.6 is 0 Å². The fraction of sp³-hybridized carbons (Fsp3) is 0. The van der Waals surface area contributed by atoms with Crippen LogP contribution in [-0.4, -0.2) is 0 Å². The molecule has 3 aromatic rings. The largest absolute Gasteiger partial charge is 0.206 e. The van der Waals surface area contributed by atoms with Gasteiger partial charge in [-0.05, 0) is 0 Å². The molecule has 0 aliphatic heterocycles. The van der Waals surface area contributed by atoms with Crippen molar-refractivity contribution in [1.29, 1.82) is 0 Å². The van der Waals surface area contributed by atoms with E-state index >= 15 is 0 Å². The maximum absolute atomic E-state index is 14.2. The van der Waals surface area contributed by atoms with E-state index < -0.39 is 73.9 Å². The molecule has 0 nitrogen and oxygen atoms in total. The van der Waals surface area contributed by atoms with Gasteiger partial charge in [0.15, 0.2) is 34.9 Å². The molecule has 23 heavy (non-hydrogen) atoms. The Labute approximate surface area is 120 Å². The molecule has 3 rings (SSSR count). The Kier molecular flexibility index (Phi) is 3.20. The van der Waals surface area contributed by atoms with Crippen LogP contribution in [0, 0.1) is 52.4 Å². The van der Waals surface area contributed by atoms with Crippen LogP contribution in [0.5, 0.6) is 0 Å². The van der Waals surface area contributed by atoms with E-state index in [0.717, 1.165) is 0 Å². The van der Waals surface area contributed by atoms with Gasteiger partial charge in [0.1, 0.15) is 17.5 Å². The molecule has 0 radical (unpaired) electrons. The van der Waals surface area contributed by atoms with Crippen molar-refractivity contribution >= 4 is 21.5 Å². The summed E-state index contributed by atoms with van der Waals surface area (Å²) in [6.07, 6.45) is 0. The lowest BCUT2D eigenvalue weighted by Gasteiger charge is -2.12. The van der Waals surface area contributed by atoms with E-state index in [0.29, 0.717) is 0 Å². The lowest BCUT2D eigenvalue weighted by Crippen LogP contribution is -2.05. The Bertz CT molecular complexity index is 1010. The van der Waals surface area contributed by atoms with Gasteiger partial charge >= 0.3 is 0 Å². The lowest BCUT2D eigenvalue weighted by atomic mass is 9.99. The third-order valence-corrected chi connectivity index (χ3v) is 3.32. The Hall–Kier alpha value is -2.45. The number of rotatable bonds is 0. The summed E-state index contributed by atoms with van der Waals surface area (Å²) in [5.74, 6) is -19.8. The number of benzene rings is 3. The number of fused-ring (bicyclic) bond motifs is 2. The molecule has 0 aromatic heterocycles. The van der Waals surface area contributed by atoms with E-state index in [1.54, 1.807) is 0 Å². The van der Waals surface area contributed by atoms with E-state index in [1.165, 1.54) is 0 Å². The van der Waals surface area contributed by atoms with Crippen LogP contribution in [0.3, 0.4) is 0 Å². The minimum Gasteiger partial charge on any atom is -0.206 e. The van der Waals surface area contributed by atoms with Gasteiger partial charge in [0.25, 0.3) is 0 Å². The van der Waals surface area contributed by atoms with Crippen LogP contribution in [-0.2, 0) is 0 Å². The maximum atomic E-state index is 14.2. The molecular weight excluding hydrogens is 339 g/mol. The zero-order valence-corrected chi connectivity index (χ0v) is 10.5. The molecule has 0 saturated heterocycles. The van der Waals surface area contributed by atoms with Crippen LogP contribution < -0.4 is 0 Å². The van der Waals surface area contributed by atoms with E-state index in [4.69, 9.17) is 0 Å². The lowest BCUT2D eigenvalue weighted by molar-refractivity contribution is 0.414. The average molecular weight is 340 g/mol. The normalized spacial score (nSPS) is 11.7. The minimum absolute atomic E-state index is 0.153. The van der Waals surface area contributed by atoms with Gasteiger partial charge in [0.2, 0.25) is 0 Å². The molecule has 0 amide bonds. The van der Waals surface area contributed by atoms with Crippen molar-refractivity contribution in [3.05, 3.63) is 58.4 Å². The average Bonchev–Trinajstić information content (AvgIpc) is 2.49. The SMILES string of the molecule is Fc1cc(F)c2c(F)c3c(F)c(F)c(F)c(F)c3c(F)c2c1F. The zero-order chi connectivity index (χ0) is 17.2. The Morgan fingerprint density at radius 1 is 0.348 bits per heavy atom. The van der Waals surface area contributed by atoms with Gasteiger partial charge < -0.3 is 0 Å². The van der Waals surface area contributed by atoms with Gasteiger partial charge in [-0.3, -0.25) is 0 Å². The van der Waals surface area contributed by atoms with Gasteiger partial charge in [-0.2, -0.15) is 0 Å². The summed E-state index contributed by atoms with van der Waals surface area (Å²) in [6.45, 7) is 0. The summed E-state index contributed by atoms with van der Waals surface area (Å²) < 4.78 is 122. The fourth-order valence-electron chi connectivity index (χ4n) is 2.31. The topological polar surface area (TPSA) is 0 Å². The van der Waals surface area contributed by atoms with Gasteiger partial charge in [-0.1, -0.05) is 0 Å².